The quantitative estimate of drug-likeness (QED) is 0.938. The zero-order chi connectivity index (χ0) is 14.8. The smallest absolute Gasteiger partial charge is 0.321 e. The molecular formula is C15H16N2O3S. The van der Waals surface area contributed by atoms with E-state index in [1.54, 1.807) is 7.11 Å². The lowest BCUT2D eigenvalue weighted by atomic mass is 9.94. The van der Waals surface area contributed by atoms with Crippen LogP contribution in [-0.4, -0.2) is 33.5 Å². The Morgan fingerprint density at radius 2 is 2.24 bits per heavy atom. The van der Waals surface area contributed by atoms with Gasteiger partial charge in [0.15, 0.2) is 0 Å². The van der Waals surface area contributed by atoms with Crippen molar-refractivity contribution in [2.75, 3.05) is 7.11 Å². The Kier molecular flexibility index (Phi) is 3.90. The van der Waals surface area contributed by atoms with Gasteiger partial charge in [-0.3, -0.25) is 9.69 Å². The molecule has 0 aliphatic carbocycles. The maximum absolute atomic E-state index is 11.5. The molecule has 1 N–H and O–H groups in total. The molecular weight excluding hydrogens is 288 g/mol. The molecule has 0 amide bonds. The van der Waals surface area contributed by atoms with Crippen LogP contribution in [0, 0.1) is 0 Å². The van der Waals surface area contributed by atoms with Gasteiger partial charge in [0.2, 0.25) is 5.88 Å². The molecule has 2 aromatic rings. The largest absolute Gasteiger partial charge is 0.480 e. The summed E-state index contributed by atoms with van der Waals surface area (Å²) in [5.74, 6) is -0.194. The first kappa shape index (κ1) is 14.0. The van der Waals surface area contributed by atoms with Crippen LogP contribution < -0.4 is 4.74 Å². The molecule has 1 unspecified atom stereocenters. The van der Waals surface area contributed by atoms with Gasteiger partial charge in [0, 0.05) is 24.0 Å². The van der Waals surface area contributed by atoms with Crippen molar-refractivity contribution in [1.29, 1.82) is 0 Å². The number of carboxylic acid groups (broad SMARTS) is 1. The standard InChI is InChI=1S/C15H16N2O3S/c1-20-14-7-12(21-16-14)9-17-8-11-5-3-2-4-10(11)6-13(17)15(18)19/h2-5,7,13H,6,8-9H2,1H3,(H,18,19). The van der Waals surface area contributed by atoms with Gasteiger partial charge in [0.05, 0.1) is 7.11 Å². The fourth-order valence-corrected chi connectivity index (χ4v) is 3.36. The normalized spacial score (nSPS) is 18.2. The SMILES string of the molecule is COc1cc(CN2Cc3ccccc3CC2C(=O)O)sn1. The van der Waals surface area contributed by atoms with Gasteiger partial charge in [0.25, 0.3) is 0 Å². The second-order valence-electron chi connectivity index (χ2n) is 5.07. The van der Waals surface area contributed by atoms with Crippen LogP contribution in [-0.2, 0) is 24.3 Å². The lowest BCUT2D eigenvalue weighted by Gasteiger charge is -2.33. The average molecular weight is 304 g/mol. The highest BCUT2D eigenvalue weighted by Crippen LogP contribution is 2.27. The topological polar surface area (TPSA) is 62.7 Å². The molecule has 1 aromatic heterocycles. The number of hydrogen-bond acceptors (Lipinski definition) is 5. The minimum atomic E-state index is -0.777. The fraction of sp³-hybridized carbons (Fsp3) is 0.333. The Bertz CT molecular complexity index is 656. The number of carboxylic acids is 1. The number of aromatic nitrogens is 1. The van der Waals surface area contributed by atoms with Crippen molar-refractivity contribution in [3.05, 3.63) is 46.3 Å². The van der Waals surface area contributed by atoms with Gasteiger partial charge in [-0.2, -0.15) is 4.37 Å². The molecule has 6 heteroatoms. The molecule has 2 heterocycles. The Morgan fingerprint density at radius 3 is 2.90 bits per heavy atom. The first-order valence-electron chi connectivity index (χ1n) is 6.70. The number of nitrogens with zero attached hydrogens (tertiary/aromatic N) is 2. The highest BCUT2D eigenvalue weighted by atomic mass is 32.1. The zero-order valence-corrected chi connectivity index (χ0v) is 12.5. The summed E-state index contributed by atoms with van der Waals surface area (Å²) in [6, 6.07) is 9.40. The molecule has 0 radical (unpaired) electrons. The van der Waals surface area contributed by atoms with E-state index in [4.69, 9.17) is 4.74 Å². The predicted molar refractivity (Wildman–Crippen MR) is 79.5 cm³/mol. The van der Waals surface area contributed by atoms with E-state index in [0.29, 0.717) is 25.4 Å². The number of hydrogen-bond donors (Lipinski definition) is 1. The fourth-order valence-electron chi connectivity index (χ4n) is 2.65. The second-order valence-corrected chi connectivity index (χ2v) is 5.96. The summed E-state index contributed by atoms with van der Waals surface area (Å²) in [5.41, 5.74) is 2.33. The van der Waals surface area contributed by atoms with E-state index in [1.165, 1.54) is 17.1 Å². The van der Waals surface area contributed by atoms with Crippen molar-refractivity contribution in [2.24, 2.45) is 0 Å². The number of methoxy groups -OCH3 is 1. The van der Waals surface area contributed by atoms with E-state index >= 15 is 0 Å². The zero-order valence-electron chi connectivity index (χ0n) is 11.7. The molecule has 21 heavy (non-hydrogen) atoms. The molecule has 0 spiro atoms. The Morgan fingerprint density at radius 1 is 1.48 bits per heavy atom. The molecule has 1 atom stereocenters. The van der Waals surface area contributed by atoms with Crippen LogP contribution in [0.4, 0.5) is 0 Å². The van der Waals surface area contributed by atoms with Crippen molar-refractivity contribution in [3.63, 3.8) is 0 Å². The minimum absolute atomic E-state index is 0.493. The van der Waals surface area contributed by atoms with Crippen molar-refractivity contribution < 1.29 is 14.6 Å². The Balaban J connectivity index is 1.83. The molecule has 1 aliphatic rings. The lowest BCUT2D eigenvalue weighted by Crippen LogP contribution is -2.44. The summed E-state index contributed by atoms with van der Waals surface area (Å²) in [6.45, 7) is 1.22. The molecule has 0 bridgehead atoms. The van der Waals surface area contributed by atoms with Crippen LogP contribution in [0.1, 0.15) is 16.0 Å². The second kappa shape index (κ2) is 5.83. The highest BCUT2D eigenvalue weighted by molar-refractivity contribution is 7.05. The van der Waals surface area contributed by atoms with Gasteiger partial charge in [0.1, 0.15) is 6.04 Å². The average Bonchev–Trinajstić information content (AvgIpc) is 2.94. The van der Waals surface area contributed by atoms with E-state index in [2.05, 4.69) is 10.4 Å². The van der Waals surface area contributed by atoms with Gasteiger partial charge < -0.3 is 9.84 Å². The molecule has 0 fully saturated rings. The van der Waals surface area contributed by atoms with Gasteiger partial charge in [-0.05, 0) is 29.1 Å². The van der Waals surface area contributed by atoms with Crippen LogP contribution >= 0.6 is 11.5 Å². The third-order valence-corrected chi connectivity index (χ3v) is 4.49. The molecule has 0 saturated carbocycles. The van der Waals surface area contributed by atoms with Gasteiger partial charge in [-0.1, -0.05) is 24.3 Å². The van der Waals surface area contributed by atoms with Gasteiger partial charge in [-0.15, -0.1) is 0 Å². The highest BCUT2D eigenvalue weighted by Gasteiger charge is 2.31. The van der Waals surface area contributed by atoms with E-state index in [9.17, 15) is 9.90 Å². The summed E-state index contributed by atoms with van der Waals surface area (Å²) >= 11 is 1.35. The van der Waals surface area contributed by atoms with Gasteiger partial charge >= 0.3 is 5.97 Å². The third-order valence-electron chi connectivity index (χ3n) is 3.74. The number of aliphatic carboxylic acids is 1. The van der Waals surface area contributed by atoms with E-state index in [0.717, 1.165) is 10.4 Å². The predicted octanol–water partition coefficient (Wildman–Crippen LogP) is 2.16. The maximum atomic E-state index is 11.5. The van der Waals surface area contributed by atoms with Crippen molar-refractivity contribution in [2.45, 2.75) is 25.6 Å². The Labute approximate surface area is 127 Å². The summed E-state index contributed by atoms with van der Waals surface area (Å²) in [7, 11) is 1.58. The first-order valence-corrected chi connectivity index (χ1v) is 7.48. The first-order chi connectivity index (χ1) is 10.2. The van der Waals surface area contributed by atoms with Crippen LogP contribution in [0.2, 0.25) is 0 Å². The van der Waals surface area contributed by atoms with E-state index in [-0.39, 0.29) is 0 Å². The van der Waals surface area contributed by atoms with Crippen LogP contribution in [0.3, 0.4) is 0 Å². The van der Waals surface area contributed by atoms with Crippen molar-refractivity contribution >= 4 is 17.5 Å². The summed E-state index contributed by atoms with van der Waals surface area (Å²) < 4.78 is 9.24. The van der Waals surface area contributed by atoms with Gasteiger partial charge in [-0.25, -0.2) is 0 Å². The Hall–Kier alpha value is -1.92. The monoisotopic (exact) mass is 304 g/mol. The van der Waals surface area contributed by atoms with E-state index < -0.39 is 12.0 Å². The minimum Gasteiger partial charge on any atom is -0.480 e. The summed E-state index contributed by atoms with van der Waals surface area (Å²) in [4.78, 5) is 14.5. The third kappa shape index (κ3) is 2.91. The molecule has 0 saturated heterocycles. The number of rotatable bonds is 4. The van der Waals surface area contributed by atoms with Crippen LogP contribution in [0.15, 0.2) is 30.3 Å². The van der Waals surface area contributed by atoms with Crippen molar-refractivity contribution in [1.82, 2.24) is 9.27 Å². The number of ether oxygens (including phenoxy) is 1. The number of carbonyl (C=O) groups is 1. The molecule has 5 nitrogen and oxygen atoms in total. The van der Waals surface area contributed by atoms with E-state index in [1.807, 2.05) is 29.2 Å². The number of benzene rings is 1. The van der Waals surface area contributed by atoms with Crippen molar-refractivity contribution in [3.8, 4) is 5.88 Å². The molecule has 110 valence electrons. The molecule has 1 aromatic carbocycles. The molecule has 3 rings (SSSR count). The summed E-state index contributed by atoms with van der Waals surface area (Å²) in [5, 5.41) is 9.49. The van der Waals surface area contributed by atoms with Crippen LogP contribution in [0.25, 0.3) is 0 Å². The lowest BCUT2D eigenvalue weighted by molar-refractivity contribution is -0.144. The summed E-state index contributed by atoms with van der Waals surface area (Å²) in [6.07, 6.45) is 0.543. The maximum Gasteiger partial charge on any atom is 0.321 e. The molecule has 1 aliphatic heterocycles. The number of fused-ring (bicyclic) bond motifs is 1. The van der Waals surface area contributed by atoms with Crippen LogP contribution in [0.5, 0.6) is 5.88 Å².